The lowest BCUT2D eigenvalue weighted by Gasteiger charge is -2.18. The minimum atomic E-state index is -0.261. The van der Waals surface area contributed by atoms with Crippen molar-refractivity contribution < 1.29 is 14.3 Å². The maximum absolute atomic E-state index is 12.8. The Labute approximate surface area is 163 Å². The van der Waals surface area contributed by atoms with Gasteiger partial charge in [0.1, 0.15) is 11.5 Å². The van der Waals surface area contributed by atoms with Crippen LogP contribution in [0.25, 0.3) is 0 Å². The number of carbonyl (C=O) groups is 2. The fourth-order valence-electron chi connectivity index (χ4n) is 3.74. The van der Waals surface area contributed by atoms with E-state index >= 15 is 0 Å². The van der Waals surface area contributed by atoms with Crippen molar-refractivity contribution in [2.75, 3.05) is 4.90 Å². The number of halogens is 1. The molecule has 0 unspecified atom stereocenters. The minimum Gasteiger partial charge on any atom is -0.456 e. The third kappa shape index (κ3) is 3.26. The fourth-order valence-corrected chi connectivity index (χ4v) is 3.95. The summed E-state index contributed by atoms with van der Waals surface area (Å²) in [6.45, 7) is 4.01. The van der Waals surface area contributed by atoms with Crippen LogP contribution in [0.5, 0.6) is 11.5 Å². The lowest BCUT2D eigenvalue weighted by atomic mass is 9.82. The second kappa shape index (κ2) is 6.86. The van der Waals surface area contributed by atoms with Crippen LogP contribution in [0.15, 0.2) is 54.1 Å². The van der Waals surface area contributed by atoms with Gasteiger partial charge in [0.05, 0.1) is 22.5 Å². The predicted octanol–water partition coefficient (Wildman–Crippen LogP) is 5.29. The average molecular weight is 382 g/mol. The van der Waals surface area contributed by atoms with Gasteiger partial charge in [-0.2, -0.15) is 0 Å². The summed E-state index contributed by atoms with van der Waals surface area (Å²) in [7, 11) is 0. The SMILES string of the molecule is CC1=CC[C@@H]2C(=O)N(c3ccc(Oc4ccc(C)cc4)c(Cl)c3)C(=O)[C@@H]2C1. The van der Waals surface area contributed by atoms with Crippen molar-refractivity contribution >= 4 is 29.1 Å². The van der Waals surface area contributed by atoms with Crippen molar-refractivity contribution in [3.8, 4) is 11.5 Å². The number of fused-ring (bicyclic) bond motifs is 1. The van der Waals surface area contributed by atoms with Gasteiger partial charge in [0.2, 0.25) is 11.8 Å². The smallest absolute Gasteiger partial charge is 0.238 e. The fraction of sp³-hybridized carbons (Fsp3) is 0.273. The Bertz CT molecular complexity index is 949. The third-order valence-electron chi connectivity index (χ3n) is 5.25. The number of ether oxygens (including phenoxy) is 1. The van der Waals surface area contributed by atoms with E-state index in [1.54, 1.807) is 18.2 Å². The third-order valence-corrected chi connectivity index (χ3v) is 5.54. The van der Waals surface area contributed by atoms with Gasteiger partial charge in [0, 0.05) is 0 Å². The zero-order valence-corrected chi connectivity index (χ0v) is 16.0. The first-order valence-corrected chi connectivity index (χ1v) is 9.39. The first-order valence-electron chi connectivity index (χ1n) is 9.01. The number of carbonyl (C=O) groups excluding carboxylic acids is 2. The van der Waals surface area contributed by atoms with Gasteiger partial charge < -0.3 is 4.74 Å². The molecule has 2 aromatic rings. The molecule has 2 aromatic carbocycles. The standard InChI is InChI=1S/C22H20ClNO3/c1-13-3-7-16(8-4-13)27-20-10-6-15(12-19(20)23)24-21(25)17-9-5-14(2)11-18(17)22(24)26/h3-8,10,12,17-18H,9,11H2,1-2H3/t17-,18+/m0/s1. The van der Waals surface area contributed by atoms with E-state index in [1.807, 2.05) is 38.1 Å². The first-order chi connectivity index (χ1) is 12.9. The molecule has 1 heterocycles. The van der Waals surface area contributed by atoms with Gasteiger partial charge in [0.15, 0.2) is 0 Å². The molecule has 0 radical (unpaired) electrons. The molecule has 2 atom stereocenters. The minimum absolute atomic E-state index is 0.138. The molecule has 1 aliphatic carbocycles. The zero-order chi connectivity index (χ0) is 19.1. The van der Waals surface area contributed by atoms with Crippen molar-refractivity contribution in [2.45, 2.75) is 26.7 Å². The number of allylic oxidation sites excluding steroid dienone is 2. The van der Waals surface area contributed by atoms with E-state index in [-0.39, 0.29) is 23.7 Å². The largest absolute Gasteiger partial charge is 0.456 e. The average Bonchev–Trinajstić information content (AvgIpc) is 2.89. The van der Waals surface area contributed by atoms with E-state index in [4.69, 9.17) is 16.3 Å². The molecule has 0 N–H and O–H groups in total. The second-order valence-corrected chi connectivity index (χ2v) is 7.65. The Morgan fingerprint density at radius 3 is 2.41 bits per heavy atom. The zero-order valence-electron chi connectivity index (χ0n) is 15.2. The Morgan fingerprint density at radius 1 is 1.00 bits per heavy atom. The van der Waals surface area contributed by atoms with Crippen LogP contribution in [-0.2, 0) is 9.59 Å². The van der Waals surface area contributed by atoms with Crippen LogP contribution in [0.3, 0.4) is 0 Å². The van der Waals surface area contributed by atoms with Crippen molar-refractivity contribution in [3.63, 3.8) is 0 Å². The van der Waals surface area contributed by atoms with Gasteiger partial charge in [0.25, 0.3) is 0 Å². The summed E-state index contributed by atoms with van der Waals surface area (Å²) in [5.74, 6) is 0.361. The van der Waals surface area contributed by atoms with Crippen LogP contribution in [0.2, 0.25) is 5.02 Å². The molecule has 4 rings (SSSR count). The maximum atomic E-state index is 12.8. The number of rotatable bonds is 3. The Kier molecular flexibility index (Phi) is 4.52. The number of benzene rings is 2. The quantitative estimate of drug-likeness (QED) is 0.536. The summed E-state index contributed by atoms with van der Waals surface area (Å²) in [5, 5.41) is 0.359. The Balaban J connectivity index is 1.58. The summed E-state index contributed by atoms with van der Waals surface area (Å²) in [5.41, 5.74) is 2.80. The van der Waals surface area contributed by atoms with Crippen LogP contribution in [0.1, 0.15) is 25.3 Å². The number of hydrogen-bond donors (Lipinski definition) is 0. The van der Waals surface area contributed by atoms with E-state index in [0.29, 0.717) is 35.1 Å². The Morgan fingerprint density at radius 2 is 1.70 bits per heavy atom. The molecule has 2 amide bonds. The molecule has 5 heteroatoms. The summed E-state index contributed by atoms with van der Waals surface area (Å²) in [6.07, 6.45) is 3.33. The maximum Gasteiger partial charge on any atom is 0.238 e. The van der Waals surface area contributed by atoms with Crippen molar-refractivity contribution in [1.82, 2.24) is 0 Å². The number of imide groups is 1. The van der Waals surface area contributed by atoms with Crippen LogP contribution >= 0.6 is 11.6 Å². The molecular formula is C22H20ClNO3. The van der Waals surface area contributed by atoms with E-state index < -0.39 is 0 Å². The molecule has 0 aromatic heterocycles. The number of anilines is 1. The van der Waals surface area contributed by atoms with Crippen LogP contribution in [-0.4, -0.2) is 11.8 Å². The monoisotopic (exact) mass is 381 g/mol. The van der Waals surface area contributed by atoms with Gasteiger partial charge >= 0.3 is 0 Å². The molecule has 2 aliphatic rings. The van der Waals surface area contributed by atoms with E-state index in [9.17, 15) is 9.59 Å². The van der Waals surface area contributed by atoms with Crippen molar-refractivity contribution in [3.05, 3.63) is 64.7 Å². The highest BCUT2D eigenvalue weighted by Gasteiger charge is 2.48. The summed E-state index contributed by atoms with van der Waals surface area (Å²) in [6, 6.07) is 12.7. The number of aryl methyl sites for hydroxylation is 1. The van der Waals surface area contributed by atoms with Gasteiger partial charge in [-0.15, -0.1) is 0 Å². The van der Waals surface area contributed by atoms with Gasteiger partial charge in [-0.1, -0.05) is 40.9 Å². The van der Waals surface area contributed by atoms with Crippen molar-refractivity contribution in [1.29, 1.82) is 0 Å². The van der Waals surface area contributed by atoms with Gasteiger partial charge in [-0.3, -0.25) is 9.59 Å². The van der Waals surface area contributed by atoms with Crippen molar-refractivity contribution in [2.24, 2.45) is 11.8 Å². The van der Waals surface area contributed by atoms with E-state index in [0.717, 1.165) is 5.56 Å². The second-order valence-electron chi connectivity index (χ2n) is 7.25. The highest BCUT2D eigenvalue weighted by atomic mass is 35.5. The van der Waals surface area contributed by atoms with Crippen LogP contribution in [0.4, 0.5) is 5.69 Å². The predicted molar refractivity (Wildman–Crippen MR) is 105 cm³/mol. The van der Waals surface area contributed by atoms with Gasteiger partial charge in [-0.05, 0) is 57.0 Å². The summed E-state index contributed by atoms with van der Waals surface area (Å²) in [4.78, 5) is 26.9. The topological polar surface area (TPSA) is 46.6 Å². The molecule has 138 valence electrons. The van der Waals surface area contributed by atoms with E-state index in [2.05, 4.69) is 6.08 Å². The molecule has 1 saturated heterocycles. The molecule has 1 aliphatic heterocycles. The lowest BCUT2D eigenvalue weighted by molar-refractivity contribution is -0.122. The molecule has 0 bridgehead atoms. The number of nitrogens with zero attached hydrogens (tertiary/aromatic N) is 1. The number of amides is 2. The molecule has 1 fully saturated rings. The molecule has 4 nitrogen and oxygen atoms in total. The molecule has 0 saturated carbocycles. The number of hydrogen-bond acceptors (Lipinski definition) is 3. The van der Waals surface area contributed by atoms with Crippen LogP contribution in [0, 0.1) is 18.8 Å². The molecule has 27 heavy (non-hydrogen) atoms. The highest BCUT2D eigenvalue weighted by molar-refractivity contribution is 6.33. The highest BCUT2D eigenvalue weighted by Crippen LogP contribution is 2.41. The van der Waals surface area contributed by atoms with Gasteiger partial charge in [-0.25, -0.2) is 4.90 Å². The van der Waals surface area contributed by atoms with Crippen LogP contribution < -0.4 is 9.64 Å². The van der Waals surface area contributed by atoms with E-state index in [1.165, 1.54) is 10.5 Å². The first kappa shape index (κ1) is 17.8. The normalized spacial score (nSPS) is 21.9. The Hall–Kier alpha value is -2.59. The molecular weight excluding hydrogens is 362 g/mol. The summed E-state index contributed by atoms with van der Waals surface area (Å²) >= 11 is 6.38. The lowest BCUT2D eigenvalue weighted by Crippen LogP contribution is -2.30. The summed E-state index contributed by atoms with van der Waals surface area (Å²) < 4.78 is 5.82. The molecule has 0 spiro atoms.